The largest absolute Gasteiger partial charge is 0.395 e. The van der Waals surface area contributed by atoms with Gasteiger partial charge >= 0.3 is 0 Å². The minimum Gasteiger partial charge on any atom is -0.395 e. The third kappa shape index (κ3) is 3.79. The summed E-state index contributed by atoms with van der Waals surface area (Å²) in [5, 5.41) is 11.0. The Morgan fingerprint density at radius 1 is 1.41 bits per heavy atom. The predicted molar refractivity (Wildman–Crippen MR) is 66.8 cm³/mol. The van der Waals surface area contributed by atoms with Crippen LogP contribution in [0.4, 0.5) is 0 Å². The molecular formula is C10H12BrNO4S. The standard InChI is InChI=1S/C10H12BrNO4S/c11-7-17(15,16)9-3-1-2-8(6-9)10(14)12-4-5-13/h1-3,6,13H,4-5,7H2,(H,12,14). The van der Waals surface area contributed by atoms with Crippen molar-refractivity contribution in [3.8, 4) is 0 Å². The number of carbonyl (C=O) groups excluding carboxylic acids is 1. The molecule has 0 heterocycles. The highest BCUT2D eigenvalue weighted by atomic mass is 79.9. The van der Waals surface area contributed by atoms with Gasteiger partial charge in [0.1, 0.15) is 4.66 Å². The van der Waals surface area contributed by atoms with Gasteiger partial charge in [0, 0.05) is 12.1 Å². The maximum absolute atomic E-state index is 11.6. The summed E-state index contributed by atoms with van der Waals surface area (Å²) < 4.78 is 22.9. The maximum Gasteiger partial charge on any atom is 0.251 e. The molecule has 1 rings (SSSR count). The average Bonchev–Trinajstić information content (AvgIpc) is 2.36. The number of halogens is 1. The van der Waals surface area contributed by atoms with Gasteiger partial charge in [-0.1, -0.05) is 22.0 Å². The van der Waals surface area contributed by atoms with Gasteiger partial charge in [0.05, 0.1) is 11.5 Å². The SMILES string of the molecule is O=C(NCCO)c1cccc(S(=O)(=O)CBr)c1. The summed E-state index contributed by atoms with van der Waals surface area (Å²) in [7, 11) is -3.39. The molecule has 0 aliphatic heterocycles. The van der Waals surface area contributed by atoms with Gasteiger partial charge in [0.25, 0.3) is 5.91 Å². The first-order chi connectivity index (χ1) is 8.01. The summed E-state index contributed by atoms with van der Waals surface area (Å²) in [6, 6.07) is 5.76. The van der Waals surface area contributed by atoms with E-state index in [9.17, 15) is 13.2 Å². The van der Waals surface area contributed by atoms with Crippen LogP contribution < -0.4 is 5.32 Å². The van der Waals surface area contributed by atoms with E-state index >= 15 is 0 Å². The van der Waals surface area contributed by atoms with E-state index in [1.165, 1.54) is 24.3 Å². The summed E-state index contributed by atoms with van der Waals surface area (Å²) in [5.74, 6) is -0.411. The second-order valence-corrected chi connectivity index (χ2v) is 6.52. The molecule has 0 saturated heterocycles. The molecule has 0 fully saturated rings. The van der Waals surface area contributed by atoms with Gasteiger partial charge in [-0.2, -0.15) is 0 Å². The fourth-order valence-electron chi connectivity index (χ4n) is 1.17. The lowest BCUT2D eigenvalue weighted by Crippen LogP contribution is -2.26. The second-order valence-electron chi connectivity index (χ2n) is 3.23. The molecule has 1 amide bonds. The van der Waals surface area contributed by atoms with E-state index in [1.54, 1.807) is 0 Å². The Bertz CT molecular complexity index is 501. The van der Waals surface area contributed by atoms with Crippen LogP contribution in [0.15, 0.2) is 29.2 Å². The number of aliphatic hydroxyl groups is 1. The zero-order valence-corrected chi connectivity index (χ0v) is 11.3. The van der Waals surface area contributed by atoms with Crippen molar-refractivity contribution in [1.82, 2.24) is 5.32 Å². The van der Waals surface area contributed by atoms with Gasteiger partial charge in [-0.25, -0.2) is 8.42 Å². The van der Waals surface area contributed by atoms with Crippen molar-refractivity contribution in [2.75, 3.05) is 17.8 Å². The molecule has 1 aromatic rings. The number of hydrogen-bond acceptors (Lipinski definition) is 4. The van der Waals surface area contributed by atoms with Crippen LogP contribution >= 0.6 is 15.9 Å². The van der Waals surface area contributed by atoms with Crippen LogP contribution in [0, 0.1) is 0 Å². The Morgan fingerprint density at radius 3 is 2.71 bits per heavy atom. The van der Waals surface area contributed by atoms with E-state index in [2.05, 4.69) is 21.2 Å². The van der Waals surface area contributed by atoms with Crippen LogP contribution in [0.5, 0.6) is 0 Å². The summed E-state index contributed by atoms with van der Waals surface area (Å²) in [5.41, 5.74) is 0.250. The molecule has 94 valence electrons. The van der Waals surface area contributed by atoms with Crippen molar-refractivity contribution in [1.29, 1.82) is 0 Å². The van der Waals surface area contributed by atoms with E-state index in [-0.39, 0.29) is 28.3 Å². The van der Waals surface area contributed by atoms with E-state index in [0.29, 0.717) is 0 Å². The fourth-order valence-corrected chi connectivity index (χ4v) is 2.68. The van der Waals surface area contributed by atoms with Gasteiger partial charge in [-0.15, -0.1) is 0 Å². The Labute approximate surface area is 108 Å². The molecule has 0 spiro atoms. The van der Waals surface area contributed by atoms with Gasteiger partial charge in [-0.3, -0.25) is 4.79 Å². The number of aliphatic hydroxyl groups excluding tert-OH is 1. The fraction of sp³-hybridized carbons (Fsp3) is 0.300. The smallest absolute Gasteiger partial charge is 0.251 e. The molecule has 2 N–H and O–H groups in total. The van der Waals surface area contributed by atoms with Crippen molar-refractivity contribution < 1.29 is 18.3 Å². The molecule has 0 atom stereocenters. The van der Waals surface area contributed by atoms with Crippen molar-refractivity contribution in [3.05, 3.63) is 29.8 Å². The van der Waals surface area contributed by atoms with Crippen LogP contribution in [0.1, 0.15) is 10.4 Å². The van der Waals surface area contributed by atoms with Crippen LogP contribution in [0.3, 0.4) is 0 Å². The number of carbonyl (C=O) groups is 1. The Kier molecular flexibility index (Phi) is 5.10. The van der Waals surface area contributed by atoms with E-state index in [1.807, 2.05) is 0 Å². The molecule has 5 nitrogen and oxygen atoms in total. The molecule has 7 heteroatoms. The third-order valence-electron chi connectivity index (χ3n) is 2.00. The molecule has 0 aromatic heterocycles. The maximum atomic E-state index is 11.6. The third-order valence-corrected chi connectivity index (χ3v) is 5.06. The lowest BCUT2D eigenvalue weighted by molar-refractivity contribution is 0.0944. The van der Waals surface area contributed by atoms with E-state index in [0.717, 1.165) is 0 Å². The summed E-state index contributed by atoms with van der Waals surface area (Å²) in [6.07, 6.45) is 0. The van der Waals surface area contributed by atoms with Crippen LogP contribution in [-0.2, 0) is 9.84 Å². The molecule has 17 heavy (non-hydrogen) atoms. The number of rotatable bonds is 5. The highest BCUT2D eigenvalue weighted by molar-refractivity contribution is 9.10. The molecule has 1 aromatic carbocycles. The first kappa shape index (κ1) is 14.1. The predicted octanol–water partition coefficient (Wildman–Crippen LogP) is 0.535. The highest BCUT2D eigenvalue weighted by Gasteiger charge is 2.14. The van der Waals surface area contributed by atoms with Gasteiger partial charge in [-0.05, 0) is 18.2 Å². The van der Waals surface area contributed by atoms with Crippen LogP contribution in [0.2, 0.25) is 0 Å². The molecule has 0 bridgehead atoms. The van der Waals surface area contributed by atoms with E-state index < -0.39 is 15.7 Å². The van der Waals surface area contributed by atoms with Crippen molar-refractivity contribution in [2.24, 2.45) is 0 Å². The summed E-state index contributed by atoms with van der Waals surface area (Å²) >= 11 is 2.89. The topological polar surface area (TPSA) is 83.5 Å². The summed E-state index contributed by atoms with van der Waals surface area (Å²) in [6.45, 7) is -0.0284. The van der Waals surface area contributed by atoms with Crippen LogP contribution in [-0.4, -0.2) is 37.2 Å². The normalized spacial score (nSPS) is 11.2. The number of sulfone groups is 1. The van der Waals surface area contributed by atoms with Crippen molar-refractivity contribution >= 4 is 31.7 Å². The lowest BCUT2D eigenvalue weighted by atomic mass is 10.2. The first-order valence-corrected chi connectivity index (χ1v) is 7.56. The Hall–Kier alpha value is -0.920. The number of benzene rings is 1. The number of hydrogen-bond donors (Lipinski definition) is 2. The van der Waals surface area contributed by atoms with Gasteiger partial charge in [0.15, 0.2) is 9.84 Å². The van der Waals surface area contributed by atoms with Crippen molar-refractivity contribution in [2.45, 2.75) is 4.90 Å². The molecule has 0 unspecified atom stereocenters. The van der Waals surface area contributed by atoms with Gasteiger partial charge < -0.3 is 10.4 Å². The van der Waals surface area contributed by atoms with E-state index in [4.69, 9.17) is 5.11 Å². The molecule has 0 saturated carbocycles. The lowest BCUT2D eigenvalue weighted by Gasteiger charge is -2.05. The molecule has 0 radical (unpaired) electrons. The zero-order chi connectivity index (χ0) is 12.9. The minimum atomic E-state index is -3.39. The quantitative estimate of drug-likeness (QED) is 0.775. The zero-order valence-electron chi connectivity index (χ0n) is 8.89. The number of amides is 1. The first-order valence-electron chi connectivity index (χ1n) is 4.79. The highest BCUT2D eigenvalue weighted by Crippen LogP contribution is 2.14. The molecular weight excluding hydrogens is 310 g/mol. The summed E-state index contributed by atoms with van der Waals surface area (Å²) in [4.78, 5) is 11.6. The monoisotopic (exact) mass is 321 g/mol. The average molecular weight is 322 g/mol. The number of alkyl halides is 1. The molecule has 0 aliphatic rings. The van der Waals surface area contributed by atoms with Crippen molar-refractivity contribution in [3.63, 3.8) is 0 Å². The molecule has 0 aliphatic carbocycles. The Balaban J connectivity index is 2.98. The van der Waals surface area contributed by atoms with Crippen LogP contribution in [0.25, 0.3) is 0 Å². The van der Waals surface area contributed by atoms with Gasteiger partial charge in [0.2, 0.25) is 0 Å². The number of nitrogens with one attached hydrogen (secondary N) is 1. The Morgan fingerprint density at radius 2 is 2.12 bits per heavy atom. The minimum absolute atomic E-state index is 0.0889. The second kappa shape index (κ2) is 6.13.